The summed E-state index contributed by atoms with van der Waals surface area (Å²) in [6.07, 6.45) is 3.87. The van der Waals surface area contributed by atoms with Gasteiger partial charge in [-0.15, -0.1) is 0 Å². The molecule has 2 atom stereocenters. The number of hydrogen-bond acceptors (Lipinski definition) is 2. The number of nitrogens with zero attached hydrogens (tertiary/aromatic N) is 1. The third kappa shape index (κ3) is 2.73. The van der Waals surface area contributed by atoms with Gasteiger partial charge in [0.1, 0.15) is 0 Å². The number of nitrogens with one attached hydrogen (secondary N) is 1. The zero-order chi connectivity index (χ0) is 14.3. The molecule has 3 N–H and O–H groups in total. The van der Waals surface area contributed by atoms with Crippen molar-refractivity contribution in [2.75, 3.05) is 5.32 Å². The summed E-state index contributed by atoms with van der Waals surface area (Å²) in [6.45, 7) is 0. The van der Waals surface area contributed by atoms with E-state index in [-0.39, 0.29) is 24.2 Å². The summed E-state index contributed by atoms with van der Waals surface area (Å²) in [4.78, 5) is 14.4. The van der Waals surface area contributed by atoms with Crippen molar-refractivity contribution in [1.82, 2.24) is 4.90 Å². The lowest BCUT2D eigenvalue weighted by Gasteiger charge is -2.37. The van der Waals surface area contributed by atoms with Crippen LogP contribution in [0.5, 0.6) is 0 Å². The van der Waals surface area contributed by atoms with Gasteiger partial charge in [-0.1, -0.05) is 23.2 Å². The number of benzene rings is 1. The largest absolute Gasteiger partial charge is 0.328 e. The van der Waals surface area contributed by atoms with Crippen molar-refractivity contribution in [3.63, 3.8) is 0 Å². The van der Waals surface area contributed by atoms with Gasteiger partial charge in [0.2, 0.25) is 0 Å². The number of nitrogens with two attached hydrogens (primary N) is 1. The van der Waals surface area contributed by atoms with Gasteiger partial charge in [0, 0.05) is 33.9 Å². The molecule has 0 saturated carbocycles. The molecule has 108 valence electrons. The first-order valence-electron chi connectivity index (χ1n) is 6.84. The molecule has 2 aliphatic rings. The van der Waals surface area contributed by atoms with Crippen molar-refractivity contribution < 1.29 is 4.79 Å². The Bertz CT molecular complexity index is 503. The first kappa shape index (κ1) is 14.0. The van der Waals surface area contributed by atoms with Crippen LogP contribution in [0.15, 0.2) is 18.2 Å². The fourth-order valence-electron chi connectivity index (χ4n) is 3.36. The van der Waals surface area contributed by atoms with E-state index in [9.17, 15) is 4.79 Å². The van der Waals surface area contributed by atoms with Gasteiger partial charge in [0.05, 0.1) is 0 Å². The van der Waals surface area contributed by atoms with Crippen LogP contribution in [0.1, 0.15) is 25.7 Å². The minimum atomic E-state index is -0.0808. The van der Waals surface area contributed by atoms with Gasteiger partial charge >= 0.3 is 6.03 Å². The maximum absolute atomic E-state index is 12.4. The normalized spacial score (nSPS) is 28.6. The number of anilines is 1. The van der Waals surface area contributed by atoms with Crippen LogP contribution in [0.4, 0.5) is 10.5 Å². The molecule has 0 radical (unpaired) electrons. The number of hydrogen-bond donors (Lipinski definition) is 2. The second kappa shape index (κ2) is 5.43. The Hall–Kier alpha value is -0.970. The zero-order valence-electron chi connectivity index (χ0n) is 11.0. The molecular weight excluding hydrogens is 297 g/mol. The minimum Gasteiger partial charge on any atom is -0.328 e. The SMILES string of the molecule is NC1CC2CCC(C1)N2C(=O)Nc1cc(Cl)cc(Cl)c1. The second-order valence-corrected chi connectivity index (χ2v) is 6.48. The molecule has 0 aliphatic carbocycles. The molecule has 2 fully saturated rings. The zero-order valence-corrected chi connectivity index (χ0v) is 12.5. The van der Waals surface area contributed by atoms with Crippen LogP contribution in [-0.4, -0.2) is 29.1 Å². The Morgan fingerprint density at radius 1 is 1.15 bits per heavy atom. The molecule has 2 aliphatic heterocycles. The molecule has 1 aromatic rings. The lowest BCUT2D eigenvalue weighted by Crippen LogP contribution is -2.51. The summed E-state index contributed by atoms with van der Waals surface area (Å²) in [5.41, 5.74) is 6.64. The van der Waals surface area contributed by atoms with Crippen LogP contribution in [0.2, 0.25) is 10.0 Å². The highest BCUT2D eigenvalue weighted by molar-refractivity contribution is 6.35. The fraction of sp³-hybridized carbons (Fsp3) is 0.500. The van der Waals surface area contributed by atoms with E-state index in [1.807, 2.05) is 4.90 Å². The predicted molar refractivity (Wildman–Crippen MR) is 81.3 cm³/mol. The number of amides is 2. The molecule has 6 heteroatoms. The number of halogens is 2. The van der Waals surface area contributed by atoms with E-state index in [0.717, 1.165) is 25.7 Å². The second-order valence-electron chi connectivity index (χ2n) is 5.61. The Labute approximate surface area is 128 Å². The van der Waals surface area contributed by atoms with Gasteiger partial charge in [-0.3, -0.25) is 0 Å². The monoisotopic (exact) mass is 313 g/mol. The van der Waals surface area contributed by atoms with E-state index in [1.54, 1.807) is 18.2 Å². The van der Waals surface area contributed by atoms with E-state index in [0.29, 0.717) is 15.7 Å². The van der Waals surface area contributed by atoms with Crippen LogP contribution in [0.25, 0.3) is 0 Å². The third-order valence-electron chi connectivity index (χ3n) is 4.12. The molecule has 1 aromatic carbocycles. The Kier molecular flexibility index (Phi) is 3.80. The molecule has 0 aromatic heterocycles. The summed E-state index contributed by atoms with van der Waals surface area (Å²) >= 11 is 11.9. The minimum absolute atomic E-state index is 0.0808. The van der Waals surface area contributed by atoms with E-state index < -0.39 is 0 Å². The van der Waals surface area contributed by atoms with Crippen LogP contribution in [0, 0.1) is 0 Å². The van der Waals surface area contributed by atoms with Crippen molar-refractivity contribution in [2.24, 2.45) is 5.73 Å². The van der Waals surface area contributed by atoms with Crippen LogP contribution >= 0.6 is 23.2 Å². The maximum Gasteiger partial charge on any atom is 0.322 e. The van der Waals surface area contributed by atoms with Gasteiger partial charge < -0.3 is 16.0 Å². The number of urea groups is 1. The number of carbonyl (C=O) groups excluding carboxylic acids is 1. The van der Waals surface area contributed by atoms with Gasteiger partial charge in [0.15, 0.2) is 0 Å². The highest BCUT2D eigenvalue weighted by atomic mass is 35.5. The highest BCUT2D eigenvalue weighted by Crippen LogP contribution is 2.35. The molecule has 2 saturated heterocycles. The molecule has 3 rings (SSSR count). The third-order valence-corrected chi connectivity index (χ3v) is 4.55. The quantitative estimate of drug-likeness (QED) is 0.834. The average molecular weight is 314 g/mol. The average Bonchev–Trinajstić information content (AvgIpc) is 2.60. The smallest absolute Gasteiger partial charge is 0.322 e. The number of piperidine rings is 1. The number of carbonyl (C=O) groups is 1. The Morgan fingerprint density at radius 2 is 1.70 bits per heavy atom. The molecule has 2 bridgehead atoms. The van der Waals surface area contributed by atoms with Crippen molar-refractivity contribution in [1.29, 1.82) is 0 Å². The van der Waals surface area contributed by atoms with Crippen molar-refractivity contribution in [3.05, 3.63) is 28.2 Å². The molecule has 4 nitrogen and oxygen atoms in total. The lowest BCUT2D eigenvalue weighted by molar-refractivity contribution is 0.150. The summed E-state index contributed by atoms with van der Waals surface area (Å²) in [7, 11) is 0. The molecule has 2 heterocycles. The summed E-state index contributed by atoms with van der Waals surface area (Å²) in [5, 5.41) is 3.91. The molecule has 2 amide bonds. The van der Waals surface area contributed by atoms with Gasteiger partial charge in [-0.05, 0) is 43.9 Å². The fourth-order valence-corrected chi connectivity index (χ4v) is 3.89. The maximum atomic E-state index is 12.4. The first-order valence-corrected chi connectivity index (χ1v) is 7.59. The van der Waals surface area contributed by atoms with E-state index in [1.165, 1.54) is 0 Å². The van der Waals surface area contributed by atoms with Crippen LogP contribution in [0.3, 0.4) is 0 Å². The van der Waals surface area contributed by atoms with E-state index in [4.69, 9.17) is 28.9 Å². The van der Waals surface area contributed by atoms with Crippen LogP contribution in [-0.2, 0) is 0 Å². The summed E-state index contributed by atoms with van der Waals surface area (Å²) < 4.78 is 0. The van der Waals surface area contributed by atoms with E-state index in [2.05, 4.69) is 5.32 Å². The molecular formula is C14H17Cl2N3O. The predicted octanol–water partition coefficient (Wildman–Crippen LogP) is 3.48. The topological polar surface area (TPSA) is 58.4 Å². The first-order chi connectivity index (χ1) is 9.52. The summed E-state index contributed by atoms with van der Waals surface area (Å²) in [6, 6.07) is 5.70. The molecule has 20 heavy (non-hydrogen) atoms. The standard InChI is InChI=1S/C14H17Cl2N3O/c15-8-3-9(16)5-11(4-8)18-14(20)19-12-1-2-13(19)7-10(17)6-12/h3-5,10,12-13H,1-2,6-7,17H2,(H,18,20). The Morgan fingerprint density at radius 3 is 2.25 bits per heavy atom. The van der Waals surface area contributed by atoms with Crippen molar-refractivity contribution >= 4 is 34.9 Å². The van der Waals surface area contributed by atoms with E-state index >= 15 is 0 Å². The number of rotatable bonds is 1. The van der Waals surface area contributed by atoms with Crippen molar-refractivity contribution in [2.45, 2.75) is 43.8 Å². The van der Waals surface area contributed by atoms with Gasteiger partial charge in [-0.25, -0.2) is 4.79 Å². The van der Waals surface area contributed by atoms with Gasteiger partial charge in [0.25, 0.3) is 0 Å². The Balaban J connectivity index is 1.74. The lowest BCUT2D eigenvalue weighted by atomic mass is 9.99. The summed E-state index contributed by atoms with van der Waals surface area (Å²) in [5.74, 6) is 0. The highest BCUT2D eigenvalue weighted by Gasteiger charge is 2.42. The van der Waals surface area contributed by atoms with Crippen molar-refractivity contribution in [3.8, 4) is 0 Å². The van der Waals surface area contributed by atoms with Crippen LogP contribution < -0.4 is 11.1 Å². The molecule has 2 unspecified atom stereocenters. The molecule has 0 spiro atoms. The van der Waals surface area contributed by atoms with Gasteiger partial charge in [-0.2, -0.15) is 0 Å². The number of fused-ring (bicyclic) bond motifs is 2.